The molecule has 0 atom stereocenters. The summed E-state index contributed by atoms with van der Waals surface area (Å²) in [6.45, 7) is 6.95. The highest BCUT2D eigenvalue weighted by Crippen LogP contribution is 2.32. The van der Waals surface area contributed by atoms with E-state index >= 15 is 0 Å². The Morgan fingerprint density at radius 1 is 1.30 bits per heavy atom. The largest absolute Gasteiger partial charge is 0.444 e. The summed E-state index contributed by atoms with van der Waals surface area (Å²) >= 11 is 1.91. The van der Waals surface area contributed by atoms with Crippen molar-refractivity contribution in [2.24, 2.45) is 4.99 Å². The van der Waals surface area contributed by atoms with Crippen LogP contribution in [-0.2, 0) is 11.3 Å². The first kappa shape index (κ1) is 20.6. The van der Waals surface area contributed by atoms with Crippen molar-refractivity contribution in [1.29, 1.82) is 0 Å². The molecule has 1 saturated heterocycles. The Kier molecular flexibility index (Phi) is 8.70. The van der Waals surface area contributed by atoms with Gasteiger partial charge in [0.1, 0.15) is 5.76 Å². The average molecular weight is 454 g/mol. The van der Waals surface area contributed by atoms with Crippen LogP contribution in [0.5, 0.6) is 0 Å². The summed E-state index contributed by atoms with van der Waals surface area (Å²) in [5, 5.41) is 6.66. The Morgan fingerprint density at radius 3 is 2.52 bits per heavy atom. The Morgan fingerprint density at radius 2 is 2.00 bits per heavy atom. The second kappa shape index (κ2) is 9.73. The van der Waals surface area contributed by atoms with Gasteiger partial charge >= 0.3 is 0 Å². The van der Waals surface area contributed by atoms with Crippen LogP contribution in [0.3, 0.4) is 0 Å². The number of aliphatic imine (C=N–C) groups is 1. The first-order chi connectivity index (χ1) is 10.6. The van der Waals surface area contributed by atoms with Gasteiger partial charge in [-0.3, -0.25) is 4.99 Å². The van der Waals surface area contributed by atoms with E-state index in [0.717, 1.165) is 50.0 Å². The third-order valence-corrected chi connectivity index (χ3v) is 5.54. The Balaban J connectivity index is 0.00000264. The SMILES string of the molecule is CN=C(NCc1nc(C)c(C)o1)NCC1(SC)CCOCC1.I. The zero-order chi connectivity index (χ0) is 16.0. The average Bonchev–Trinajstić information content (AvgIpc) is 2.87. The van der Waals surface area contributed by atoms with Crippen molar-refractivity contribution in [2.75, 3.05) is 33.1 Å². The van der Waals surface area contributed by atoms with Crippen molar-refractivity contribution < 1.29 is 9.15 Å². The lowest BCUT2D eigenvalue weighted by atomic mass is 9.99. The lowest BCUT2D eigenvalue weighted by Gasteiger charge is -2.36. The third-order valence-electron chi connectivity index (χ3n) is 4.12. The minimum Gasteiger partial charge on any atom is -0.444 e. The van der Waals surface area contributed by atoms with E-state index in [1.807, 2.05) is 25.6 Å². The molecule has 0 aliphatic carbocycles. The lowest BCUT2D eigenvalue weighted by Crippen LogP contribution is -2.47. The number of nitrogens with zero attached hydrogens (tertiary/aromatic N) is 2. The van der Waals surface area contributed by atoms with E-state index in [4.69, 9.17) is 9.15 Å². The highest BCUT2D eigenvalue weighted by Gasteiger charge is 2.31. The molecule has 0 saturated carbocycles. The van der Waals surface area contributed by atoms with Crippen molar-refractivity contribution in [3.63, 3.8) is 0 Å². The first-order valence-electron chi connectivity index (χ1n) is 7.59. The predicted octanol–water partition coefficient (Wildman–Crippen LogP) is 2.49. The topological polar surface area (TPSA) is 71.7 Å². The Labute approximate surface area is 159 Å². The molecule has 2 heterocycles. The first-order valence-corrected chi connectivity index (χ1v) is 8.81. The van der Waals surface area contributed by atoms with Crippen molar-refractivity contribution in [1.82, 2.24) is 15.6 Å². The van der Waals surface area contributed by atoms with Gasteiger partial charge < -0.3 is 19.8 Å². The van der Waals surface area contributed by atoms with Gasteiger partial charge in [-0.2, -0.15) is 11.8 Å². The van der Waals surface area contributed by atoms with Crippen LogP contribution in [0.4, 0.5) is 0 Å². The van der Waals surface area contributed by atoms with Crippen molar-refractivity contribution in [3.05, 3.63) is 17.3 Å². The van der Waals surface area contributed by atoms with E-state index in [9.17, 15) is 0 Å². The summed E-state index contributed by atoms with van der Waals surface area (Å²) in [6, 6.07) is 0. The normalized spacial score (nSPS) is 17.5. The van der Waals surface area contributed by atoms with Crippen LogP contribution in [0.1, 0.15) is 30.2 Å². The summed E-state index contributed by atoms with van der Waals surface area (Å²) in [5.74, 6) is 2.32. The van der Waals surface area contributed by atoms with E-state index in [0.29, 0.717) is 12.4 Å². The van der Waals surface area contributed by atoms with Crippen LogP contribution in [-0.4, -0.2) is 48.8 Å². The number of halogens is 1. The fraction of sp³-hybridized carbons (Fsp3) is 0.733. The summed E-state index contributed by atoms with van der Waals surface area (Å²) in [5.41, 5.74) is 0.934. The van der Waals surface area contributed by atoms with E-state index in [1.54, 1.807) is 7.05 Å². The number of hydrogen-bond acceptors (Lipinski definition) is 5. The van der Waals surface area contributed by atoms with Crippen LogP contribution < -0.4 is 10.6 Å². The molecule has 6 nitrogen and oxygen atoms in total. The molecule has 1 aromatic rings. The van der Waals surface area contributed by atoms with Gasteiger partial charge in [0.2, 0.25) is 5.89 Å². The number of guanidine groups is 1. The van der Waals surface area contributed by atoms with Gasteiger partial charge in [0, 0.05) is 31.6 Å². The standard InChI is InChI=1S/C15H26N4O2S.HI/c1-11-12(2)21-13(19-11)9-17-14(16-3)18-10-15(22-4)5-7-20-8-6-15;/h5-10H2,1-4H3,(H2,16,17,18);1H. The number of rotatable bonds is 5. The smallest absolute Gasteiger partial charge is 0.214 e. The highest BCUT2D eigenvalue weighted by atomic mass is 127. The maximum Gasteiger partial charge on any atom is 0.214 e. The minimum absolute atomic E-state index is 0. The molecule has 0 spiro atoms. The fourth-order valence-corrected chi connectivity index (χ4v) is 3.23. The Hall–Kier alpha value is -0.480. The molecule has 0 unspecified atom stereocenters. The van der Waals surface area contributed by atoms with E-state index < -0.39 is 0 Å². The zero-order valence-electron chi connectivity index (χ0n) is 14.3. The van der Waals surface area contributed by atoms with Gasteiger partial charge in [0.05, 0.1) is 12.2 Å². The summed E-state index contributed by atoms with van der Waals surface area (Å²) in [6.07, 6.45) is 4.30. The number of nitrogens with one attached hydrogen (secondary N) is 2. The molecule has 1 aliphatic heterocycles. The molecule has 132 valence electrons. The molecule has 0 amide bonds. The number of aryl methyl sites for hydroxylation is 2. The lowest BCUT2D eigenvalue weighted by molar-refractivity contribution is 0.0783. The molecule has 1 fully saturated rings. The highest BCUT2D eigenvalue weighted by molar-refractivity contribution is 14.0. The maximum atomic E-state index is 5.57. The van der Waals surface area contributed by atoms with Crippen molar-refractivity contribution in [3.8, 4) is 0 Å². The van der Waals surface area contributed by atoms with Crippen molar-refractivity contribution >= 4 is 41.7 Å². The van der Waals surface area contributed by atoms with Crippen LogP contribution in [0.25, 0.3) is 0 Å². The monoisotopic (exact) mass is 454 g/mol. The van der Waals surface area contributed by atoms with Gasteiger partial charge in [-0.1, -0.05) is 0 Å². The second-order valence-corrected chi connectivity index (χ2v) is 6.80. The van der Waals surface area contributed by atoms with Gasteiger partial charge in [-0.05, 0) is 32.9 Å². The summed E-state index contributed by atoms with van der Waals surface area (Å²) in [7, 11) is 1.77. The summed E-state index contributed by atoms with van der Waals surface area (Å²) < 4.78 is 11.3. The number of oxazole rings is 1. The third kappa shape index (κ3) is 5.82. The molecule has 0 radical (unpaired) electrons. The molecule has 1 aromatic heterocycles. The number of ether oxygens (including phenoxy) is 1. The molecular formula is C15H27IN4O2S. The number of aromatic nitrogens is 1. The molecule has 2 N–H and O–H groups in total. The maximum absolute atomic E-state index is 5.57. The minimum atomic E-state index is 0. The molecule has 8 heteroatoms. The van der Waals surface area contributed by atoms with Crippen LogP contribution >= 0.6 is 35.7 Å². The zero-order valence-corrected chi connectivity index (χ0v) is 17.4. The van der Waals surface area contributed by atoms with Gasteiger partial charge in [-0.15, -0.1) is 24.0 Å². The fourth-order valence-electron chi connectivity index (χ4n) is 2.44. The van der Waals surface area contributed by atoms with E-state index in [1.165, 1.54) is 0 Å². The van der Waals surface area contributed by atoms with Gasteiger partial charge in [0.25, 0.3) is 0 Å². The Bertz CT molecular complexity index is 496. The molecule has 23 heavy (non-hydrogen) atoms. The molecular weight excluding hydrogens is 427 g/mol. The predicted molar refractivity (Wildman–Crippen MR) is 106 cm³/mol. The second-order valence-electron chi connectivity index (χ2n) is 5.53. The van der Waals surface area contributed by atoms with Gasteiger partial charge in [0.15, 0.2) is 5.96 Å². The quantitative estimate of drug-likeness (QED) is 0.405. The van der Waals surface area contributed by atoms with Crippen LogP contribution in [0.2, 0.25) is 0 Å². The molecule has 2 rings (SSSR count). The summed E-state index contributed by atoms with van der Waals surface area (Å²) in [4.78, 5) is 8.63. The number of thioether (sulfide) groups is 1. The van der Waals surface area contributed by atoms with Crippen LogP contribution in [0, 0.1) is 13.8 Å². The molecule has 0 aromatic carbocycles. The number of hydrogen-bond donors (Lipinski definition) is 2. The van der Waals surface area contributed by atoms with E-state index in [2.05, 4.69) is 26.9 Å². The van der Waals surface area contributed by atoms with Crippen LogP contribution in [0.15, 0.2) is 9.41 Å². The van der Waals surface area contributed by atoms with Gasteiger partial charge in [-0.25, -0.2) is 4.98 Å². The molecule has 1 aliphatic rings. The van der Waals surface area contributed by atoms with Crippen molar-refractivity contribution in [2.45, 2.75) is 38.0 Å². The van der Waals surface area contributed by atoms with E-state index in [-0.39, 0.29) is 28.7 Å². The molecule has 0 bridgehead atoms.